The molecule has 0 aliphatic heterocycles. The fraction of sp³-hybridized carbons (Fsp3) is 0.517. The van der Waals surface area contributed by atoms with Gasteiger partial charge >= 0.3 is 5.97 Å². The van der Waals surface area contributed by atoms with Gasteiger partial charge in [-0.1, -0.05) is 39.8 Å². The van der Waals surface area contributed by atoms with Crippen molar-refractivity contribution in [2.24, 2.45) is 0 Å². The van der Waals surface area contributed by atoms with E-state index in [2.05, 4.69) is 54.8 Å². The molecule has 0 saturated heterocycles. The van der Waals surface area contributed by atoms with Gasteiger partial charge in [-0.15, -0.1) is 0 Å². The van der Waals surface area contributed by atoms with E-state index in [-0.39, 0.29) is 5.91 Å². The Balaban J connectivity index is 2.17. The number of carbonyl (C=O) groups excluding carboxylic acids is 2. The second-order valence-corrected chi connectivity index (χ2v) is 9.13. The third-order valence-corrected chi connectivity index (χ3v) is 6.34. The van der Waals surface area contributed by atoms with Crippen LogP contribution < -0.4 is 10.2 Å². The number of hydrogen-bond acceptors (Lipinski definition) is 6. The minimum absolute atomic E-state index is 0.250. The average molecular weight is 497 g/mol. The highest BCUT2D eigenvalue weighted by Crippen LogP contribution is 2.25. The first kappa shape index (κ1) is 29.3. The molecule has 36 heavy (non-hydrogen) atoms. The number of rotatable bonds is 15. The molecule has 0 spiro atoms. The monoisotopic (exact) mass is 496 g/mol. The summed E-state index contributed by atoms with van der Waals surface area (Å²) in [6.45, 7) is 15.2. The number of methoxy groups -OCH3 is 1. The van der Waals surface area contributed by atoms with Crippen LogP contribution in [-0.2, 0) is 11.3 Å². The molecule has 2 rings (SSSR count). The molecule has 0 atom stereocenters. The number of esters is 1. The fourth-order valence-corrected chi connectivity index (χ4v) is 4.27. The van der Waals surface area contributed by atoms with Gasteiger partial charge in [-0.3, -0.25) is 4.79 Å². The van der Waals surface area contributed by atoms with E-state index in [1.54, 1.807) is 12.1 Å². The average Bonchev–Trinajstić information content (AvgIpc) is 2.89. The predicted molar refractivity (Wildman–Crippen MR) is 149 cm³/mol. The van der Waals surface area contributed by atoms with Crippen molar-refractivity contribution in [1.82, 2.24) is 9.80 Å². The predicted octanol–water partition coefficient (Wildman–Crippen LogP) is 5.13. The maximum atomic E-state index is 13.1. The smallest absolute Gasteiger partial charge is 0.340 e. The Kier molecular flexibility index (Phi) is 12.4. The first-order chi connectivity index (χ1) is 17.4. The van der Waals surface area contributed by atoms with Crippen molar-refractivity contribution in [3.8, 4) is 0 Å². The molecule has 7 nitrogen and oxygen atoms in total. The summed E-state index contributed by atoms with van der Waals surface area (Å²) in [6, 6.07) is 13.2. The molecule has 0 saturated carbocycles. The summed E-state index contributed by atoms with van der Waals surface area (Å²) in [5.74, 6) is -0.719. The Morgan fingerprint density at radius 3 is 2.19 bits per heavy atom. The van der Waals surface area contributed by atoms with E-state index in [0.717, 1.165) is 69.9 Å². The van der Waals surface area contributed by atoms with E-state index in [1.165, 1.54) is 7.11 Å². The highest BCUT2D eigenvalue weighted by Gasteiger charge is 2.18. The van der Waals surface area contributed by atoms with Crippen LogP contribution in [0.5, 0.6) is 0 Å². The van der Waals surface area contributed by atoms with Gasteiger partial charge in [0.05, 0.1) is 18.4 Å². The maximum absolute atomic E-state index is 13.1. The summed E-state index contributed by atoms with van der Waals surface area (Å²) < 4.78 is 5.02. The van der Waals surface area contributed by atoms with Gasteiger partial charge in [0.25, 0.3) is 5.91 Å². The summed E-state index contributed by atoms with van der Waals surface area (Å²) in [7, 11) is 3.46. The molecule has 7 heteroatoms. The molecular formula is C29H44N4O3. The van der Waals surface area contributed by atoms with Gasteiger partial charge in [-0.2, -0.15) is 0 Å². The number of nitrogens with one attached hydrogen (secondary N) is 1. The topological polar surface area (TPSA) is 65.1 Å². The Morgan fingerprint density at radius 1 is 0.889 bits per heavy atom. The maximum Gasteiger partial charge on any atom is 0.340 e. The van der Waals surface area contributed by atoms with E-state index in [1.807, 2.05) is 30.3 Å². The Bertz CT molecular complexity index is 969. The minimum Gasteiger partial charge on any atom is -0.465 e. The number of anilines is 2. The first-order valence-corrected chi connectivity index (χ1v) is 13.1. The van der Waals surface area contributed by atoms with Crippen LogP contribution in [0.4, 0.5) is 11.4 Å². The van der Waals surface area contributed by atoms with E-state index in [9.17, 15) is 9.59 Å². The third kappa shape index (κ3) is 8.64. The van der Waals surface area contributed by atoms with Crippen LogP contribution in [0, 0.1) is 0 Å². The van der Waals surface area contributed by atoms with Crippen LogP contribution in [0.1, 0.15) is 66.8 Å². The molecule has 0 fully saturated rings. The van der Waals surface area contributed by atoms with Gasteiger partial charge < -0.3 is 24.8 Å². The van der Waals surface area contributed by atoms with Crippen molar-refractivity contribution in [1.29, 1.82) is 0 Å². The van der Waals surface area contributed by atoms with Gasteiger partial charge in [-0.25, -0.2) is 4.79 Å². The molecule has 0 heterocycles. The molecule has 0 aliphatic carbocycles. The summed E-state index contributed by atoms with van der Waals surface area (Å²) >= 11 is 0. The van der Waals surface area contributed by atoms with Gasteiger partial charge in [0.2, 0.25) is 0 Å². The number of ether oxygens (including phenoxy) is 1. The molecule has 0 aliphatic rings. The number of hydrogen-bond donors (Lipinski definition) is 1. The van der Waals surface area contributed by atoms with Crippen LogP contribution >= 0.6 is 0 Å². The molecule has 0 aromatic heterocycles. The Morgan fingerprint density at radius 2 is 1.58 bits per heavy atom. The van der Waals surface area contributed by atoms with E-state index in [4.69, 9.17) is 4.74 Å². The van der Waals surface area contributed by atoms with Gasteiger partial charge in [0, 0.05) is 44.0 Å². The van der Waals surface area contributed by atoms with Crippen LogP contribution in [0.3, 0.4) is 0 Å². The van der Waals surface area contributed by atoms with Crippen molar-refractivity contribution in [2.75, 3.05) is 63.6 Å². The zero-order chi connectivity index (χ0) is 26.5. The molecular weight excluding hydrogens is 452 g/mol. The van der Waals surface area contributed by atoms with Crippen LogP contribution in [0.25, 0.3) is 0 Å². The lowest BCUT2D eigenvalue weighted by molar-refractivity contribution is 0.0602. The molecule has 1 amide bonds. The third-order valence-electron chi connectivity index (χ3n) is 6.34. The van der Waals surface area contributed by atoms with E-state index >= 15 is 0 Å². The standard InChI is InChI=1S/C29H44N4O3/c1-7-16-33(17-8-2)25-14-15-27(26(21-25)29(35)36-6)30-28(34)24-13-11-12-23(20-24)22-31(5)18-19-32(9-3)10-4/h11-15,20-21H,7-10,16-19,22H2,1-6H3,(H,30,34). The highest BCUT2D eigenvalue weighted by molar-refractivity contribution is 6.08. The molecule has 0 radical (unpaired) electrons. The largest absolute Gasteiger partial charge is 0.465 e. The lowest BCUT2D eigenvalue weighted by Gasteiger charge is -2.25. The van der Waals surface area contributed by atoms with Gasteiger partial charge in [-0.05, 0) is 68.9 Å². The minimum atomic E-state index is -0.469. The zero-order valence-corrected chi connectivity index (χ0v) is 23.0. The van der Waals surface area contributed by atoms with E-state index in [0.29, 0.717) is 16.8 Å². The second-order valence-electron chi connectivity index (χ2n) is 9.13. The number of likely N-dealkylation sites (N-methyl/N-ethyl adjacent to an activating group) is 2. The molecule has 0 unspecified atom stereocenters. The number of benzene rings is 2. The summed E-state index contributed by atoms with van der Waals surface area (Å²) in [5.41, 5.74) is 3.39. The quantitative estimate of drug-likeness (QED) is 0.345. The second kappa shape index (κ2) is 15.3. The first-order valence-electron chi connectivity index (χ1n) is 13.1. The molecule has 0 bridgehead atoms. The van der Waals surface area contributed by atoms with Crippen LogP contribution in [-0.4, -0.2) is 75.1 Å². The molecule has 2 aromatic rings. The van der Waals surface area contributed by atoms with Crippen LogP contribution in [0.2, 0.25) is 0 Å². The summed E-state index contributed by atoms with van der Waals surface area (Å²) in [4.78, 5) is 32.6. The Hall–Kier alpha value is -2.90. The molecule has 198 valence electrons. The van der Waals surface area contributed by atoms with Crippen molar-refractivity contribution in [3.05, 3.63) is 59.2 Å². The summed E-state index contributed by atoms with van der Waals surface area (Å²) in [6.07, 6.45) is 2.01. The number of amides is 1. The zero-order valence-electron chi connectivity index (χ0n) is 23.0. The van der Waals surface area contributed by atoms with Crippen LogP contribution in [0.15, 0.2) is 42.5 Å². The van der Waals surface area contributed by atoms with Crippen molar-refractivity contribution in [3.63, 3.8) is 0 Å². The number of carbonyl (C=O) groups is 2. The summed E-state index contributed by atoms with van der Waals surface area (Å²) in [5, 5.41) is 2.93. The lowest BCUT2D eigenvalue weighted by atomic mass is 10.1. The van der Waals surface area contributed by atoms with Gasteiger partial charge in [0.15, 0.2) is 0 Å². The van der Waals surface area contributed by atoms with Crippen molar-refractivity contribution in [2.45, 2.75) is 47.1 Å². The number of nitrogens with zero attached hydrogens (tertiary/aromatic N) is 3. The normalized spacial score (nSPS) is 11.1. The lowest BCUT2D eigenvalue weighted by Crippen LogP contribution is -2.32. The Labute approximate surface area is 217 Å². The molecule has 1 N–H and O–H groups in total. The fourth-order valence-electron chi connectivity index (χ4n) is 4.27. The highest BCUT2D eigenvalue weighted by atomic mass is 16.5. The van der Waals surface area contributed by atoms with E-state index < -0.39 is 5.97 Å². The molecule has 2 aromatic carbocycles. The van der Waals surface area contributed by atoms with Crippen molar-refractivity contribution >= 4 is 23.3 Å². The van der Waals surface area contributed by atoms with Crippen molar-refractivity contribution < 1.29 is 14.3 Å². The van der Waals surface area contributed by atoms with Gasteiger partial charge in [0.1, 0.15) is 0 Å². The SMILES string of the molecule is CCCN(CCC)c1ccc(NC(=O)c2cccc(CN(C)CCN(CC)CC)c2)c(C(=O)OC)c1.